The zero-order valence-electron chi connectivity index (χ0n) is 14.7. The fourth-order valence-electron chi connectivity index (χ4n) is 2.22. The average molecular weight is 373 g/mol. The number of benzene rings is 1. The third-order valence-electron chi connectivity index (χ3n) is 3.58. The Balaban J connectivity index is 1.59. The van der Waals surface area contributed by atoms with E-state index in [1.54, 1.807) is 31.4 Å². The molecule has 1 N–H and O–H groups in total. The molecule has 7 nitrogen and oxygen atoms in total. The second-order valence-corrected chi connectivity index (χ2v) is 6.76. The molecule has 0 saturated heterocycles. The second-order valence-electron chi connectivity index (χ2n) is 5.47. The van der Waals surface area contributed by atoms with E-state index in [0.29, 0.717) is 29.2 Å². The van der Waals surface area contributed by atoms with E-state index in [0.717, 1.165) is 11.3 Å². The monoisotopic (exact) mass is 373 g/mol. The molecular formula is C18H19N3O4S. The lowest BCUT2D eigenvalue weighted by atomic mass is 10.3. The third kappa shape index (κ3) is 4.26. The Morgan fingerprint density at radius 3 is 2.69 bits per heavy atom. The molecule has 0 aliphatic heterocycles. The van der Waals surface area contributed by atoms with Crippen LogP contribution in [-0.4, -0.2) is 28.0 Å². The van der Waals surface area contributed by atoms with Gasteiger partial charge in [-0.2, -0.15) is 0 Å². The minimum atomic E-state index is -0.402. The number of ether oxygens (including phenoxy) is 1. The average Bonchev–Trinajstić information content (AvgIpc) is 3.25. The summed E-state index contributed by atoms with van der Waals surface area (Å²) in [5.41, 5.74) is 1.45. The van der Waals surface area contributed by atoms with Crippen LogP contribution < -0.4 is 10.1 Å². The van der Waals surface area contributed by atoms with Crippen LogP contribution in [-0.2, 0) is 4.79 Å². The van der Waals surface area contributed by atoms with Gasteiger partial charge in [-0.25, -0.2) is 0 Å². The number of thioether (sulfide) groups is 1. The molecule has 2 heterocycles. The molecule has 0 aliphatic rings. The normalized spacial score (nSPS) is 12.0. The second kappa shape index (κ2) is 8.09. The zero-order chi connectivity index (χ0) is 18.5. The summed E-state index contributed by atoms with van der Waals surface area (Å²) < 4.78 is 16.2. The first-order valence-corrected chi connectivity index (χ1v) is 9.03. The number of rotatable bonds is 7. The first-order chi connectivity index (χ1) is 12.6. The van der Waals surface area contributed by atoms with Gasteiger partial charge < -0.3 is 18.9 Å². The summed E-state index contributed by atoms with van der Waals surface area (Å²) in [7, 11) is 0. The van der Waals surface area contributed by atoms with Crippen molar-refractivity contribution in [2.75, 3.05) is 11.9 Å². The molecule has 1 unspecified atom stereocenters. The van der Waals surface area contributed by atoms with Crippen molar-refractivity contribution in [2.45, 2.75) is 31.2 Å². The van der Waals surface area contributed by atoms with Gasteiger partial charge in [0.15, 0.2) is 0 Å². The van der Waals surface area contributed by atoms with Gasteiger partial charge >= 0.3 is 0 Å². The quantitative estimate of drug-likeness (QED) is 0.622. The molecule has 26 heavy (non-hydrogen) atoms. The summed E-state index contributed by atoms with van der Waals surface area (Å²) >= 11 is 1.20. The Hall–Kier alpha value is -2.74. The van der Waals surface area contributed by atoms with Crippen molar-refractivity contribution in [1.29, 1.82) is 0 Å². The molecule has 0 spiro atoms. The van der Waals surface area contributed by atoms with E-state index >= 15 is 0 Å². The lowest BCUT2D eigenvalue weighted by Gasteiger charge is -2.10. The van der Waals surface area contributed by atoms with E-state index in [-0.39, 0.29) is 5.91 Å². The fourth-order valence-corrected chi connectivity index (χ4v) is 2.91. The number of amides is 1. The molecule has 2 aromatic heterocycles. The molecule has 0 bridgehead atoms. The molecule has 0 saturated carbocycles. The Morgan fingerprint density at radius 1 is 1.27 bits per heavy atom. The Morgan fingerprint density at radius 2 is 2.04 bits per heavy atom. The van der Waals surface area contributed by atoms with Gasteiger partial charge in [0.25, 0.3) is 11.1 Å². The summed E-state index contributed by atoms with van der Waals surface area (Å²) in [6, 6.07) is 8.99. The predicted octanol–water partition coefficient (Wildman–Crippen LogP) is 4.16. The van der Waals surface area contributed by atoms with E-state index < -0.39 is 5.25 Å². The Bertz CT molecular complexity index is 873. The van der Waals surface area contributed by atoms with Gasteiger partial charge in [-0.15, -0.1) is 10.2 Å². The van der Waals surface area contributed by atoms with Crippen LogP contribution in [0, 0.1) is 6.92 Å². The number of aromatic nitrogens is 2. The number of carbonyl (C=O) groups excluding carboxylic acids is 1. The number of furan rings is 1. The Kier molecular flexibility index (Phi) is 5.62. The smallest absolute Gasteiger partial charge is 0.277 e. The number of anilines is 1. The lowest BCUT2D eigenvalue weighted by molar-refractivity contribution is -0.115. The van der Waals surface area contributed by atoms with Gasteiger partial charge in [0.05, 0.1) is 23.7 Å². The molecule has 3 rings (SSSR count). The number of hydrogen-bond acceptors (Lipinski definition) is 7. The van der Waals surface area contributed by atoms with Crippen molar-refractivity contribution in [2.24, 2.45) is 0 Å². The molecule has 1 amide bonds. The standard InChI is InChI=1S/C18H19N3O4S/c1-4-23-14-7-5-13(6-8-14)19-16(22)12(3)26-18-21-20-17(25-18)15-9-10-24-11(15)2/h5-10,12H,4H2,1-3H3,(H,19,22). The first kappa shape index (κ1) is 18.1. The molecule has 136 valence electrons. The summed E-state index contributed by atoms with van der Waals surface area (Å²) in [4.78, 5) is 12.3. The van der Waals surface area contributed by atoms with Crippen LogP contribution in [0.2, 0.25) is 0 Å². The van der Waals surface area contributed by atoms with Crippen LogP contribution in [0.5, 0.6) is 5.75 Å². The molecule has 1 aromatic carbocycles. The van der Waals surface area contributed by atoms with E-state index in [2.05, 4.69) is 15.5 Å². The minimum Gasteiger partial charge on any atom is -0.494 e. The summed E-state index contributed by atoms with van der Waals surface area (Å²) in [6.45, 7) is 6.12. The van der Waals surface area contributed by atoms with E-state index in [1.807, 2.05) is 26.0 Å². The van der Waals surface area contributed by atoms with Gasteiger partial charge in [0, 0.05) is 5.69 Å². The van der Waals surface area contributed by atoms with Crippen molar-refractivity contribution >= 4 is 23.4 Å². The number of nitrogens with one attached hydrogen (secondary N) is 1. The maximum absolute atomic E-state index is 12.3. The third-order valence-corrected chi connectivity index (χ3v) is 4.51. The van der Waals surface area contributed by atoms with Crippen molar-refractivity contribution in [1.82, 2.24) is 10.2 Å². The minimum absolute atomic E-state index is 0.154. The van der Waals surface area contributed by atoms with Gasteiger partial charge in [-0.3, -0.25) is 4.79 Å². The van der Waals surface area contributed by atoms with Crippen LogP contribution in [0.25, 0.3) is 11.5 Å². The molecule has 1 atom stereocenters. The number of nitrogens with zero attached hydrogens (tertiary/aromatic N) is 2. The highest BCUT2D eigenvalue weighted by Crippen LogP contribution is 2.28. The molecule has 0 radical (unpaired) electrons. The summed E-state index contributed by atoms with van der Waals surface area (Å²) in [5, 5.41) is 10.8. The van der Waals surface area contributed by atoms with Crippen LogP contribution >= 0.6 is 11.8 Å². The maximum Gasteiger partial charge on any atom is 0.277 e. The molecule has 0 fully saturated rings. The Labute approximate surface area is 155 Å². The zero-order valence-corrected chi connectivity index (χ0v) is 15.5. The maximum atomic E-state index is 12.3. The lowest BCUT2D eigenvalue weighted by Crippen LogP contribution is -2.22. The van der Waals surface area contributed by atoms with Gasteiger partial charge in [-0.1, -0.05) is 11.8 Å². The SMILES string of the molecule is CCOc1ccc(NC(=O)C(C)Sc2nnc(-c3ccoc3C)o2)cc1. The first-order valence-electron chi connectivity index (χ1n) is 8.15. The van der Waals surface area contributed by atoms with Crippen LogP contribution in [0.4, 0.5) is 5.69 Å². The van der Waals surface area contributed by atoms with Gasteiger partial charge in [0.1, 0.15) is 11.5 Å². The highest BCUT2D eigenvalue weighted by Gasteiger charge is 2.20. The van der Waals surface area contributed by atoms with Gasteiger partial charge in [-0.05, 0) is 51.1 Å². The molecule has 8 heteroatoms. The number of aryl methyl sites for hydroxylation is 1. The van der Waals surface area contributed by atoms with E-state index in [1.165, 1.54) is 11.8 Å². The van der Waals surface area contributed by atoms with Crippen LogP contribution in [0.1, 0.15) is 19.6 Å². The van der Waals surface area contributed by atoms with Gasteiger partial charge in [0.2, 0.25) is 5.91 Å². The van der Waals surface area contributed by atoms with Crippen molar-refractivity contribution in [3.63, 3.8) is 0 Å². The topological polar surface area (TPSA) is 90.4 Å². The molecule has 3 aromatic rings. The number of hydrogen-bond donors (Lipinski definition) is 1. The van der Waals surface area contributed by atoms with E-state index in [4.69, 9.17) is 13.6 Å². The summed E-state index contributed by atoms with van der Waals surface area (Å²) in [5.74, 6) is 1.68. The van der Waals surface area contributed by atoms with Crippen molar-refractivity contribution in [3.05, 3.63) is 42.4 Å². The highest BCUT2D eigenvalue weighted by molar-refractivity contribution is 8.00. The fraction of sp³-hybridized carbons (Fsp3) is 0.278. The predicted molar refractivity (Wildman–Crippen MR) is 98.3 cm³/mol. The molecule has 0 aliphatic carbocycles. The van der Waals surface area contributed by atoms with Crippen molar-refractivity contribution < 1.29 is 18.4 Å². The van der Waals surface area contributed by atoms with E-state index in [9.17, 15) is 4.79 Å². The highest BCUT2D eigenvalue weighted by atomic mass is 32.2. The largest absolute Gasteiger partial charge is 0.494 e. The molecular weight excluding hydrogens is 354 g/mol. The van der Waals surface area contributed by atoms with Crippen molar-refractivity contribution in [3.8, 4) is 17.2 Å². The van der Waals surface area contributed by atoms with Crippen LogP contribution in [0.3, 0.4) is 0 Å². The van der Waals surface area contributed by atoms with Crippen LogP contribution in [0.15, 0.2) is 50.7 Å². The summed E-state index contributed by atoms with van der Waals surface area (Å²) in [6.07, 6.45) is 1.56. The number of carbonyl (C=O) groups is 1.